The van der Waals surface area contributed by atoms with Crippen molar-refractivity contribution in [2.45, 2.75) is 49.5 Å². The monoisotopic (exact) mass is 678 g/mol. The first-order valence-electron chi connectivity index (χ1n) is 14.3. The third kappa shape index (κ3) is 7.67. The first-order chi connectivity index (χ1) is 21.9. The number of amides is 3. The Balaban J connectivity index is 1.26. The maximum atomic E-state index is 13.3. The lowest BCUT2D eigenvalue weighted by atomic mass is 10.0. The van der Waals surface area contributed by atoms with Gasteiger partial charge in [0.1, 0.15) is 0 Å². The lowest BCUT2D eigenvalue weighted by Gasteiger charge is -2.18. The van der Waals surface area contributed by atoms with E-state index in [-0.39, 0.29) is 52.3 Å². The lowest BCUT2D eigenvalue weighted by molar-refractivity contribution is -0.143. The number of alkyl halides is 6. The van der Waals surface area contributed by atoms with Crippen LogP contribution in [0.5, 0.6) is 0 Å². The smallest absolute Gasteiger partial charge is 0.337 e. The molecule has 1 atom stereocenters. The molecule has 15 heteroatoms. The third-order valence-corrected chi connectivity index (χ3v) is 9.06. The minimum atomic E-state index is -5.01. The molecule has 0 radical (unpaired) electrons. The van der Waals surface area contributed by atoms with Gasteiger partial charge in [0.2, 0.25) is 0 Å². The van der Waals surface area contributed by atoms with Crippen molar-refractivity contribution < 1.29 is 44.3 Å². The number of carbonyl (C=O) groups excluding carboxylic acids is 2. The Morgan fingerprint density at radius 2 is 1.51 bits per heavy atom. The Labute approximate surface area is 265 Å². The maximum Gasteiger partial charge on any atom is 0.416 e. The van der Waals surface area contributed by atoms with E-state index in [1.54, 1.807) is 12.1 Å². The van der Waals surface area contributed by atoms with Crippen LogP contribution in [0.1, 0.15) is 53.2 Å². The van der Waals surface area contributed by atoms with Crippen LogP contribution in [0.3, 0.4) is 0 Å². The summed E-state index contributed by atoms with van der Waals surface area (Å²) in [6.45, 7) is 4.29. The second-order valence-corrected chi connectivity index (χ2v) is 13.1. The zero-order valence-electron chi connectivity index (χ0n) is 24.9. The van der Waals surface area contributed by atoms with E-state index in [1.165, 1.54) is 47.4 Å². The molecule has 3 amide bonds. The molecule has 2 N–H and O–H groups in total. The molecule has 1 aromatic heterocycles. The third-order valence-electron chi connectivity index (χ3n) is 7.71. The van der Waals surface area contributed by atoms with Crippen LogP contribution in [0.2, 0.25) is 0 Å². The molecule has 5 rings (SSSR count). The number of urea groups is 1. The SMILES string of the molecule is CC(C)c1ccc(S(=O)(=O)NC(=O)NC2CCN(C(=O)c3ccc4nc(-c5cc(C(F)(F)F)cc(C(F)(F)F)c5)ccc4c3)C2)cc1. The van der Waals surface area contributed by atoms with Crippen molar-refractivity contribution in [3.05, 3.63) is 95.1 Å². The quantitative estimate of drug-likeness (QED) is 0.214. The fourth-order valence-corrected chi connectivity index (χ4v) is 6.11. The Kier molecular flexibility index (Phi) is 8.97. The van der Waals surface area contributed by atoms with Crippen LogP contribution in [0, 0.1) is 0 Å². The zero-order valence-corrected chi connectivity index (χ0v) is 25.7. The molecule has 47 heavy (non-hydrogen) atoms. The summed E-state index contributed by atoms with van der Waals surface area (Å²) < 4.78 is 107. The summed E-state index contributed by atoms with van der Waals surface area (Å²) in [4.78, 5) is 31.4. The summed E-state index contributed by atoms with van der Waals surface area (Å²) in [5.74, 6) is -0.196. The summed E-state index contributed by atoms with van der Waals surface area (Å²) in [7, 11) is -4.12. The number of benzene rings is 3. The molecule has 0 aliphatic carbocycles. The number of likely N-dealkylation sites (tertiary alicyclic amines) is 1. The summed E-state index contributed by atoms with van der Waals surface area (Å²) in [6, 6.07) is 13.0. The number of sulfonamides is 1. The van der Waals surface area contributed by atoms with Gasteiger partial charge in [0.25, 0.3) is 15.9 Å². The van der Waals surface area contributed by atoms with Crippen LogP contribution < -0.4 is 10.0 Å². The van der Waals surface area contributed by atoms with Gasteiger partial charge in [-0.2, -0.15) is 26.3 Å². The van der Waals surface area contributed by atoms with Crippen LogP contribution in [0.4, 0.5) is 31.1 Å². The number of hydrogen-bond donors (Lipinski definition) is 2. The summed E-state index contributed by atoms with van der Waals surface area (Å²) >= 11 is 0. The van der Waals surface area contributed by atoms with Crippen molar-refractivity contribution >= 4 is 32.9 Å². The summed E-state index contributed by atoms with van der Waals surface area (Å²) in [5, 5.41) is 2.99. The molecular formula is C32H28F6N4O4S. The molecule has 1 aliphatic rings. The van der Waals surface area contributed by atoms with Crippen molar-refractivity contribution in [3.8, 4) is 11.3 Å². The number of aromatic nitrogens is 1. The molecule has 0 spiro atoms. The molecule has 1 aliphatic heterocycles. The molecule has 2 heterocycles. The molecule has 1 unspecified atom stereocenters. The molecule has 0 saturated carbocycles. The van der Waals surface area contributed by atoms with Gasteiger partial charge in [0, 0.05) is 35.6 Å². The highest BCUT2D eigenvalue weighted by molar-refractivity contribution is 7.90. The van der Waals surface area contributed by atoms with Crippen LogP contribution >= 0.6 is 0 Å². The van der Waals surface area contributed by atoms with Gasteiger partial charge in [-0.1, -0.05) is 32.0 Å². The van der Waals surface area contributed by atoms with Crippen molar-refractivity contribution in [2.75, 3.05) is 13.1 Å². The fourth-order valence-electron chi connectivity index (χ4n) is 5.20. The van der Waals surface area contributed by atoms with E-state index in [1.807, 2.05) is 18.6 Å². The number of halogens is 6. The molecule has 248 valence electrons. The van der Waals surface area contributed by atoms with E-state index in [4.69, 9.17) is 0 Å². The molecule has 8 nitrogen and oxygen atoms in total. The average Bonchev–Trinajstić information content (AvgIpc) is 3.47. The number of pyridine rings is 1. The van der Waals surface area contributed by atoms with Gasteiger partial charge >= 0.3 is 18.4 Å². The van der Waals surface area contributed by atoms with Gasteiger partial charge in [0.05, 0.1) is 27.2 Å². The Bertz CT molecular complexity index is 1910. The Morgan fingerprint density at radius 1 is 0.872 bits per heavy atom. The van der Waals surface area contributed by atoms with Crippen molar-refractivity contribution in [1.29, 1.82) is 0 Å². The van der Waals surface area contributed by atoms with Crippen molar-refractivity contribution in [1.82, 2.24) is 19.9 Å². The molecule has 4 aromatic rings. The fraction of sp³-hybridized carbons (Fsp3) is 0.281. The molecule has 3 aromatic carbocycles. The second kappa shape index (κ2) is 12.5. The first-order valence-corrected chi connectivity index (χ1v) is 15.8. The van der Waals surface area contributed by atoms with Gasteiger partial charge in [-0.25, -0.2) is 22.9 Å². The predicted octanol–water partition coefficient (Wildman–Crippen LogP) is 6.97. The average molecular weight is 679 g/mol. The number of carbonyl (C=O) groups is 2. The second-order valence-electron chi connectivity index (χ2n) is 11.4. The topological polar surface area (TPSA) is 108 Å². The number of nitrogens with zero attached hydrogens (tertiary/aromatic N) is 2. The van der Waals surface area contributed by atoms with Crippen molar-refractivity contribution in [3.63, 3.8) is 0 Å². The van der Waals surface area contributed by atoms with Crippen LogP contribution in [0.15, 0.2) is 77.7 Å². The number of rotatable bonds is 6. The minimum absolute atomic E-state index is 0.0435. The first kappa shape index (κ1) is 33.7. The predicted molar refractivity (Wildman–Crippen MR) is 161 cm³/mol. The minimum Gasteiger partial charge on any atom is -0.337 e. The highest BCUT2D eigenvalue weighted by Gasteiger charge is 2.37. The van der Waals surface area contributed by atoms with E-state index >= 15 is 0 Å². The Hall–Kier alpha value is -4.66. The van der Waals surface area contributed by atoms with Gasteiger partial charge in [-0.05, 0) is 72.5 Å². The highest BCUT2D eigenvalue weighted by Crippen LogP contribution is 2.38. The highest BCUT2D eigenvalue weighted by atomic mass is 32.2. The zero-order chi connectivity index (χ0) is 34.3. The largest absolute Gasteiger partial charge is 0.416 e. The van der Waals surface area contributed by atoms with Gasteiger partial charge in [0.15, 0.2) is 0 Å². The van der Waals surface area contributed by atoms with Crippen LogP contribution in [-0.4, -0.2) is 49.4 Å². The molecule has 1 saturated heterocycles. The normalized spacial score (nSPS) is 15.7. The van der Waals surface area contributed by atoms with E-state index < -0.39 is 51.5 Å². The van der Waals surface area contributed by atoms with E-state index in [9.17, 15) is 44.3 Å². The maximum absolute atomic E-state index is 13.3. The van der Waals surface area contributed by atoms with Gasteiger partial charge < -0.3 is 10.2 Å². The van der Waals surface area contributed by atoms with Crippen LogP contribution in [0.25, 0.3) is 22.2 Å². The Morgan fingerprint density at radius 3 is 2.11 bits per heavy atom. The van der Waals surface area contributed by atoms with E-state index in [0.717, 1.165) is 5.56 Å². The van der Waals surface area contributed by atoms with Crippen molar-refractivity contribution in [2.24, 2.45) is 0 Å². The molecule has 1 fully saturated rings. The number of fused-ring (bicyclic) bond motifs is 1. The number of nitrogens with one attached hydrogen (secondary N) is 2. The standard InChI is InChI=1S/C32H28F6N4O4S/c1-18(2)19-3-7-26(8-4-19)47(45,46)41-30(44)39-25-11-12-42(17-25)29(43)21-6-10-27-20(13-21)5-9-28(40-27)22-14-23(31(33,34)35)16-24(15-22)32(36,37)38/h3-10,13-16,18,25H,11-12,17H2,1-2H3,(H2,39,41,44). The summed E-state index contributed by atoms with van der Waals surface area (Å²) in [5.41, 5.74) is -1.99. The number of hydrogen-bond acceptors (Lipinski definition) is 5. The van der Waals surface area contributed by atoms with E-state index in [2.05, 4.69) is 10.3 Å². The summed E-state index contributed by atoms with van der Waals surface area (Å²) in [6.07, 6.45) is -9.65. The van der Waals surface area contributed by atoms with E-state index in [0.29, 0.717) is 23.9 Å². The van der Waals surface area contributed by atoms with Crippen LogP contribution in [-0.2, 0) is 22.4 Å². The lowest BCUT2D eigenvalue weighted by Crippen LogP contribution is -2.45. The van der Waals surface area contributed by atoms with Gasteiger partial charge in [-0.3, -0.25) is 4.79 Å². The molecular weight excluding hydrogens is 650 g/mol. The molecule has 0 bridgehead atoms. The van der Waals surface area contributed by atoms with Gasteiger partial charge in [-0.15, -0.1) is 0 Å².